The van der Waals surface area contributed by atoms with Crippen molar-refractivity contribution in [2.75, 3.05) is 11.5 Å². The second-order valence-electron chi connectivity index (χ2n) is 2.88. The topological polar surface area (TPSA) is 109 Å². The summed E-state index contributed by atoms with van der Waals surface area (Å²) in [5.41, 5.74) is 0. The molecule has 0 aromatic carbocycles. The van der Waals surface area contributed by atoms with Crippen molar-refractivity contribution < 1.29 is 25.9 Å². The normalized spacial score (nSPS) is 17.3. The van der Waals surface area contributed by atoms with E-state index in [2.05, 4.69) is 25.3 Å². The van der Waals surface area contributed by atoms with Crippen LogP contribution in [0.4, 0.5) is 0 Å². The fraction of sp³-hybridized carbons (Fsp3) is 1.00. The Bertz CT molecular complexity index is 384. The van der Waals surface area contributed by atoms with Crippen molar-refractivity contribution in [2.24, 2.45) is 0 Å². The van der Waals surface area contributed by atoms with Gasteiger partial charge >= 0.3 is 0 Å². The molecule has 0 aliphatic heterocycles. The lowest BCUT2D eigenvalue weighted by molar-refractivity contribution is 0.460. The van der Waals surface area contributed by atoms with Gasteiger partial charge in [-0.05, 0) is 12.2 Å². The van der Waals surface area contributed by atoms with E-state index in [9.17, 15) is 16.8 Å². The van der Waals surface area contributed by atoms with Crippen LogP contribution in [0.25, 0.3) is 0 Å². The molecule has 0 bridgehead atoms. The summed E-state index contributed by atoms with van der Waals surface area (Å²) in [5.74, 6) is -0.693. The Morgan fingerprint density at radius 2 is 1.60 bits per heavy atom. The highest BCUT2D eigenvalue weighted by atomic mass is 32.2. The van der Waals surface area contributed by atoms with E-state index < -0.39 is 36.5 Å². The summed E-state index contributed by atoms with van der Waals surface area (Å²) in [6.45, 7) is 0. The summed E-state index contributed by atoms with van der Waals surface area (Å²) in [7, 11) is -8.72. The molecule has 2 atom stereocenters. The van der Waals surface area contributed by atoms with Gasteiger partial charge in [0.2, 0.25) is 0 Å². The zero-order valence-electron chi connectivity index (χ0n) is 7.51. The van der Waals surface area contributed by atoms with E-state index in [4.69, 9.17) is 9.11 Å². The molecule has 0 saturated heterocycles. The minimum absolute atomic E-state index is 0.0500. The summed E-state index contributed by atoms with van der Waals surface area (Å²) >= 11 is 7.51. The highest BCUT2D eigenvalue weighted by Gasteiger charge is 2.31. The van der Waals surface area contributed by atoms with Crippen LogP contribution in [0.15, 0.2) is 0 Å². The molecular formula is C5H12O6S4. The molecule has 0 fully saturated rings. The Morgan fingerprint density at radius 1 is 1.13 bits per heavy atom. The maximum absolute atomic E-state index is 10.8. The summed E-state index contributed by atoms with van der Waals surface area (Å²) in [6, 6.07) is 0. The summed E-state index contributed by atoms with van der Waals surface area (Å²) < 4.78 is 60.0. The first kappa shape index (κ1) is 15.5. The Morgan fingerprint density at radius 3 is 1.87 bits per heavy atom. The lowest BCUT2D eigenvalue weighted by Gasteiger charge is -2.18. The van der Waals surface area contributed by atoms with E-state index in [0.29, 0.717) is 0 Å². The fourth-order valence-electron chi connectivity index (χ4n) is 0.990. The van der Waals surface area contributed by atoms with E-state index in [1.54, 1.807) is 0 Å². The molecule has 0 heterocycles. The average Bonchev–Trinajstić information content (AvgIpc) is 1.93. The van der Waals surface area contributed by atoms with Gasteiger partial charge in [-0.2, -0.15) is 42.1 Å². The van der Waals surface area contributed by atoms with Gasteiger partial charge in [-0.1, -0.05) is 0 Å². The molecule has 0 aliphatic carbocycles. The van der Waals surface area contributed by atoms with E-state index in [0.717, 1.165) is 0 Å². The molecular weight excluding hydrogens is 284 g/mol. The van der Waals surface area contributed by atoms with Gasteiger partial charge in [-0.15, -0.1) is 0 Å². The van der Waals surface area contributed by atoms with Gasteiger partial charge in [0.25, 0.3) is 20.2 Å². The maximum Gasteiger partial charge on any atom is 0.268 e. The largest absolute Gasteiger partial charge is 0.286 e. The first-order valence-electron chi connectivity index (χ1n) is 3.78. The van der Waals surface area contributed by atoms with Crippen LogP contribution in [0.2, 0.25) is 0 Å². The molecule has 0 aromatic rings. The van der Waals surface area contributed by atoms with Crippen molar-refractivity contribution in [3.05, 3.63) is 0 Å². The number of thiol groups is 2. The van der Waals surface area contributed by atoms with Crippen LogP contribution in [0.5, 0.6) is 0 Å². The van der Waals surface area contributed by atoms with E-state index >= 15 is 0 Å². The molecule has 0 aliphatic rings. The SMILES string of the molecule is O=S(=O)(O)CC(S)C(CCS)S(=O)(=O)O. The summed E-state index contributed by atoms with van der Waals surface area (Å²) in [6.07, 6.45) is -0.0500. The number of rotatable bonds is 6. The third kappa shape index (κ3) is 6.64. The second-order valence-corrected chi connectivity index (χ2v) is 7.12. The van der Waals surface area contributed by atoms with Gasteiger partial charge < -0.3 is 0 Å². The zero-order valence-corrected chi connectivity index (χ0v) is 10.9. The Kier molecular flexibility index (Phi) is 5.93. The lowest BCUT2D eigenvalue weighted by Crippen LogP contribution is -2.35. The predicted octanol–water partition coefficient (Wildman–Crippen LogP) is -0.251. The smallest absolute Gasteiger partial charge is 0.268 e. The van der Waals surface area contributed by atoms with Crippen molar-refractivity contribution in [1.82, 2.24) is 0 Å². The van der Waals surface area contributed by atoms with Crippen molar-refractivity contribution >= 4 is 45.5 Å². The standard InChI is InChI=1S/C5H12O6S4/c6-14(7,8)3-4(13)5(1-2-12)15(9,10)11/h4-5,12-13H,1-3H2,(H,6,7,8)(H,9,10,11). The summed E-state index contributed by atoms with van der Waals surface area (Å²) in [4.78, 5) is 0. The molecule has 0 spiro atoms. The lowest BCUT2D eigenvalue weighted by atomic mass is 10.2. The second kappa shape index (κ2) is 5.73. The molecule has 6 nitrogen and oxygen atoms in total. The zero-order chi connectivity index (χ0) is 12.3. The molecule has 10 heteroatoms. The van der Waals surface area contributed by atoms with Crippen molar-refractivity contribution in [3.8, 4) is 0 Å². The van der Waals surface area contributed by atoms with Gasteiger partial charge in [0.05, 0.1) is 11.0 Å². The predicted molar refractivity (Wildman–Crippen MR) is 63.0 cm³/mol. The Hall–Kier alpha value is 0.520. The molecule has 2 N–H and O–H groups in total. The van der Waals surface area contributed by atoms with Crippen molar-refractivity contribution in [1.29, 1.82) is 0 Å². The van der Waals surface area contributed by atoms with Gasteiger partial charge in [0, 0.05) is 5.25 Å². The first-order valence-corrected chi connectivity index (χ1v) is 8.04. The third-order valence-corrected chi connectivity index (χ3v) is 4.97. The first-order chi connectivity index (χ1) is 6.58. The molecule has 0 amide bonds. The molecule has 0 radical (unpaired) electrons. The van der Waals surface area contributed by atoms with Crippen LogP contribution < -0.4 is 0 Å². The molecule has 0 rings (SSSR count). The third-order valence-electron chi connectivity index (χ3n) is 1.61. The van der Waals surface area contributed by atoms with E-state index in [1.807, 2.05) is 0 Å². The van der Waals surface area contributed by atoms with Gasteiger partial charge in [-0.3, -0.25) is 9.11 Å². The van der Waals surface area contributed by atoms with Gasteiger partial charge in [-0.25, -0.2) is 0 Å². The minimum Gasteiger partial charge on any atom is -0.286 e. The average molecular weight is 296 g/mol. The van der Waals surface area contributed by atoms with Crippen LogP contribution >= 0.6 is 25.3 Å². The van der Waals surface area contributed by atoms with Gasteiger partial charge in [0.15, 0.2) is 0 Å². The quantitative estimate of drug-likeness (QED) is 0.397. The number of hydrogen-bond acceptors (Lipinski definition) is 6. The van der Waals surface area contributed by atoms with E-state index in [-0.39, 0.29) is 12.2 Å². The molecule has 92 valence electrons. The van der Waals surface area contributed by atoms with Crippen molar-refractivity contribution in [3.63, 3.8) is 0 Å². The Labute approximate surface area is 99.8 Å². The van der Waals surface area contributed by atoms with Crippen LogP contribution in [0.3, 0.4) is 0 Å². The monoisotopic (exact) mass is 296 g/mol. The Balaban J connectivity index is 4.80. The van der Waals surface area contributed by atoms with E-state index in [1.165, 1.54) is 0 Å². The highest BCUT2D eigenvalue weighted by molar-refractivity contribution is 7.90. The van der Waals surface area contributed by atoms with Crippen LogP contribution in [0, 0.1) is 0 Å². The number of hydrogen-bond donors (Lipinski definition) is 4. The van der Waals surface area contributed by atoms with Crippen LogP contribution in [0.1, 0.15) is 6.42 Å². The highest BCUT2D eigenvalue weighted by Crippen LogP contribution is 2.17. The molecule has 2 unspecified atom stereocenters. The van der Waals surface area contributed by atoms with Crippen molar-refractivity contribution in [2.45, 2.75) is 16.9 Å². The summed E-state index contributed by atoms with van der Waals surface area (Å²) in [5, 5.41) is -2.55. The van der Waals surface area contributed by atoms with Crippen LogP contribution in [-0.2, 0) is 20.2 Å². The minimum atomic E-state index is -4.40. The molecule has 15 heavy (non-hydrogen) atoms. The van der Waals surface area contributed by atoms with Crippen LogP contribution in [-0.4, -0.2) is 47.9 Å². The van der Waals surface area contributed by atoms with Gasteiger partial charge in [0.1, 0.15) is 0 Å². The maximum atomic E-state index is 10.8. The molecule has 0 aromatic heterocycles. The molecule has 0 saturated carbocycles. The fourth-order valence-corrected chi connectivity index (χ4v) is 4.31.